The standard InChI is InChI=1S/C25H23F2N5O3/c1-3-30-13-17-12-19(7-10-21(17)29-30)31-14-16-4-11-23(35-15-22(26)27)28-24(16)32(25(31)33)18-5-8-20(34-2)9-6-18/h4-13,22H,3,14-15H2,1-2H3/i2D3. The van der Waals surface area contributed by atoms with Crippen molar-refractivity contribution in [2.45, 2.75) is 26.4 Å². The Morgan fingerprint density at radius 1 is 1.11 bits per heavy atom. The van der Waals surface area contributed by atoms with Gasteiger partial charge in [-0.3, -0.25) is 9.58 Å². The maximum atomic E-state index is 13.9. The van der Waals surface area contributed by atoms with Gasteiger partial charge >= 0.3 is 6.03 Å². The van der Waals surface area contributed by atoms with Crippen LogP contribution in [0.25, 0.3) is 10.9 Å². The molecule has 0 atom stereocenters. The third-order valence-corrected chi connectivity index (χ3v) is 5.63. The maximum Gasteiger partial charge on any atom is 0.335 e. The number of hydrogen-bond donors (Lipinski definition) is 0. The molecule has 5 rings (SSSR count). The van der Waals surface area contributed by atoms with Crippen molar-refractivity contribution in [1.29, 1.82) is 0 Å². The first-order valence-electron chi connectivity index (χ1n) is 12.4. The SMILES string of the molecule is [2H]C([2H])([2H])Oc1ccc(N2C(=O)N(c3ccc4nn(CC)cc4c3)Cc3ccc(OCC(F)F)nc32)cc1. The molecule has 2 aromatic heterocycles. The molecule has 0 bridgehead atoms. The Kier molecular flexibility index (Phi) is 5.03. The molecule has 0 unspecified atom stereocenters. The van der Waals surface area contributed by atoms with Gasteiger partial charge in [0.2, 0.25) is 5.88 Å². The van der Waals surface area contributed by atoms with E-state index in [9.17, 15) is 13.6 Å². The van der Waals surface area contributed by atoms with E-state index in [0.717, 1.165) is 10.9 Å². The molecular weight excluding hydrogens is 456 g/mol. The zero-order chi connectivity index (χ0) is 27.0. The minimum absolute atomic E-state index is 0.0499. The van der Waals surface area contributed by atoms with Gasteiger partial charge in [-0.15, -0.1) is 0 Å². The number of rotatable bonds is 7. The number of ether oxygens (including phenoxy) is 2. The van der Waals surface area contributed by atoms with Crippen LogP contribution in [0.4, 0.5) is 30.8 Å². The summed E-state index contributed by atoms with van der Waals surface area (Å²) in [4.78, 5) is 21.1. The van der Waals surface area contributed by atoms with Crippen molar-refractivity contribution in [3.8, 4) is 11.6 Å². The van der Waals surface area contributed by atoms with Crippen molar-refractivity contribution in [3.05, 3.63) is 66.4 Å². The van der Waals surface area contributed by atoms with E-state index in [2.05, 4.69) is 10.1 Å². The van der Waals surface area contributed by atoms with Gasteiger partial charge in [0, 0.05) is 35.4 Å². The maximum absolute atomic E-state index is 13.9. The summed E-state index contributed by atoms with van der Waals surface area (Å²) in [5.41, 5.74) is 2.46. The van der Waals surface area contributed by atoms with E-state index >= 15 is 0 Å². The molecule has 0 spiro atoms. The molecule has 2 aromatic carbocycles. The zero-order valence-electron chi connectivity index (χ0n) is 21.7. The number of hydrogen-bond acceptors (Lipinski definition) is 5. The van der Waals surface area contributed by atoms with Gasteiger partial charge in [-0.05, 0) is 55.5 Å². The van der Waals surface area contributed by atoms with Crippen molar-refractivity contribution in [1.82, 2.24) is 14.8 Å². The highest BCUT2D eigenvalue weighted by Crippen LogP contribution is 2.38. The molecule has 0 fully saturated rings. The van der Waals surface area contributed by atoms with E-state index in [1.54, 1.807) is 17.0 Å². The second-order valence-electron chi connectivity index (χ2n) is 7.86. The summed E-state index contributed by atoms with van der Waals surface area (Å²) in [5.74, 6) is 0.268. The van der Waals surface area contributed by atoms with Crippen LogP contribution in [-0.4, -0.2) is 40.9 Å². The Labute approximate surface area is 204 Å². The van der Waals surface area contributed by atoms with Crippen LogP contribution in [0.1, 0.15) is 16.6 Å². The highest BCUT2D eigenvalue weighted by Gasteiger charge is 2.34. The summed E-state index contributed by atoms with van der Waals surface area (Å²) in [6.45, 7) is 2.03. The summed E-state index contributed by atoms with van der Waals surface area (Å²) in [6.07, 6.45) is -0.782. The number of alkyl halides is 2. The largest absolute Gasteiger partial charge is 0.497 e. The van der Waals surface area contributed by atoms with E-state index < -0.39 is 26.1 Å². The van der Waals surface area contributed by atoms with Crippen LogP contribution in [0.2, 0.25) is 0 Å². The number of pyridine rings is 1. The van der Waals surface area contributed by atoms with Crippen molar-refractivity contribution in [2.75, 3.05) is 23.4 Å². The summed E-state index contributed by atoms with van der Waals surface area (Å²) in [5, 5.41) is 5.35. The lowest BCUT2D eigenvalue weighted by Gasteiger charge is -2.36. The number of aryl methyl sites for hydroxylation is 1. The second kappa shape index (κ2) is 9.21. The van der Waals surface area contributed by atoms with E-state index in [0.29, 0.717) is 23.5 Å². The third kappa shape index (κ3) is 4.34. The molecule has 2 amide bonds. The molecule has 35 heavy (non-hydrogen) atoms. The van der Waals surface area contributed by atoms with E-state index in [4.69, 9.17) is 13.6 Å². The fraction of sp³-hybridized carbons (Fsp3) is 0.240. The van der Waals surface area contributed by atoms with Gasteiger partial charge in [-0.1, -0.05) is 0 Å². The van der Waals surface area contributed by atoms with Gasteiger partial charge < -0.3 is 9.47 Å². The number of halogens is 2. The van der Waals surface area contributed by atoms with Crippen LogP contribution >= 0.6 is 0 Å². The number of amides is 2. The minimum atomic E-state index is -2.68. The Balaban J connectivity index is 1.55. The van der Waals surface area contributed by atoms with Crippen LogP contribution in [0.3, 0.4) is 0 Å². The predicted molar refractivity (Wildman–Crippen MR) is 128 cm³/mol. The summed E-state index contributed by atoms with van der Waals surface area (Å²) in [6, 6.07) is 14.1. The van der Waals surface area contributed by atoms with Gasteiger partial charge in [0.15, 0.2) is 6.61 Å². The number of carbonyl (C=O) groups excluding carboxylic acids is 1. The van der Waals surface area contributed by atoms with Crippen molar-refractivity contribution in [3.63, 3.8) is 0 Å². The van der Waals surface area contributed by atoms with Crippen LogP contribution in [0, 0.1) is 0 Å². The third-order valence-electron chi connectivity index (χ3n) is 5.63. The van der Waals surface area contributed by atoms with Gasteiger partial charge in [0.25, 0.3) is 6.43 Å². The molecule has 4 aromatic rings. The van der Waals surface area contributed by atoms with E-state index in [-0.39, 0.29) is 24.0 Å². The lowest BCUT2D eigenvalue weighted by molar-refractivity contribution is 0.0796. The lowest BCUT2D eigenvalue weighted by atomic mass is 10.1. The van der Waals surface area contributed by atoms with Gasteiger partial charge in [0.05, 0.1) is 28.9 Å². The number of fused-ring (bicyclic) bond motifs is 2. The monoisotopic (exact) mass is 482 g/mol. The fourth-order valence-corrected chi connectivity index (χ4v) is 3.95. The molecule has 0 radical (unpaired) electrons. The molecule has 0 saturated carbocycles. The molecular formula is C25H23F2N5O3. The number of aromatic nitrogens is 3. The molecule has 0 saturated heterocycles. The molecule has 180 valence electrons. The average Bonchev–Trinajstić information content (AvgIpc) is 3.29. The van der Waals surface area contributed by atoms with Crippen molar-refractivity contribution in [2.24, 2.45) is 0 Å². The molecule has 0 aliphatic carbocycles. The normalized spacial score (nSPS) is 15.1. The number of methoxy groups -OCH3 is 1. The molecule has 10 heteroatoms. The molecule has 0 N–H and O–H groups in total. The van der Waals surface area contributed by atoms with Crippen LogP contribution in [0.15, 0.2) is 60.8 Å². The number of anilines is 3. The Hall–Kier alpha value is -4.21. The van der Waals surface area contributed by atoms with Crippen LogP contribution in [0.5, 0.6) is 11.6 Å². The quantitative estimate of drug-likeness (QED) is 0.354. The Morgan fingerprint density at radius 2 is 1.91 bits per heavy atom. The molecule has 3 heterocycles. The van der Waals surface area contributed by atoms with E-state index in [1.807, 2.05) is 29.9 Å². The topological polar surface area (TPSA) is 72.7 Å². The number of nitrogens with zero attached hydrogens (tertiary/aromatic N) is 5. The van der Waals surface area contributed by atoms with Gasteiger partial charge in [-0.2, -0.15) is 10.1 Å². The summed E-state index contributed by atoms with van der Waals surface area (Å²) < 4.78 is 59.1. The first-order chi connectivity index (χ1) is 18.1. The van der Waals surface area contributed by atoms with E-state index in [1.165, 1.54) is 35.2 Å². The first kappa shape index (κ1) is 19.1. The number of carbonyl (C=O) groups is 1. The highest BCUT2D eigenvalue weighted by atomic mass is 19.3. The molecule has 8 nitrogen and oxygen atoms in total. The van der Waals surface area contributed by atoms with Gasteiger partial charge in [0.1, 0.15) is 11.6 Å². The van der Waals surface area contributed by atoms with Crippen LogP contribution < -0.4 is 19.3 Å². The Morgan fingerprint density at radius 3 is 2.66 bits per heavy atom. The highest BCUT2D eigenvalue weighted by molar-refractivity contribution is 6.10. The van der Waals surface area contributed by atoms with Crippen molar-refractivity contribution >= 4 is 34.1 Å². The fourth-order valence-electron chi connectivity index (χ4n) is 3.95. The smallest absolute Gasteiger partial charge is 0.335 e. The minimum Gasteiger partial charge on any atom is -0.497 e. The Bertz CT molecular complexity index is 1480. The van der Waals surface area contributed by atoms with Crippen molar-refractivity contribution < 1.29 is 27.2 Å². The van der Waals surface area contributed by atoms with Gasteiger partial charge in [-0.25, -0.2) is 18.5 Å². The molecule has 1 aliphatic heterocycles. The predicted octanol–water partition coefficient (Wildman–Crippen LogP) is 5.38. The number of urea groups is 1. The number of benzene rings is 2. The summed E-state index contributed by atoms with van der Waals surface area (Å²) in [7, 11) is -2.63. The second-order valence-corrected chi connectivity index (χ2v) is 7.86. The first-order valence-corrected chi connectivity index (χ1v) is 10.9. The summed E-state index contributed by atoms with van der Waals surface area (Å²) >= 11 is 0. The average molecular weight is 483 g/mol. The molecule has 1 aliphatic rings. The zero-order valence-corrected chi connectivity index (χ0v) is 18.7. The van der Waals surface area contributed by atoms with Crippen LogP contribution in [-0.2, 0) is 13.1 Å². The lowest BCUT2D eigenvalue weighted by Crippen LogP contribution is -2.45.